The smallest absolute Gasteiger partial charge is 0.220 e. The van der Waals surface area contributed by atoms with Gasteiger partial charge in [-0.1, -0.05) is 11.6 Å². The van der Waals surface area contributed by atoms with Crippen molar-refractivity contribution in [1.29, 1.82) is 0 Å². The van der Waals surface area contributed by atoms with Crippen LogP contribution in [0.3, 0.4) is 0 Å². The predicted octanol–water partition coefficient (Wildman–Crippen LogP) is 0.247. The lowest BCUT2D eigenvalue weighted by atomic mass is 9.66. The molecule has 1 aliphatic rings. The third kappa shape index (κ3) is 3.03. The Morgan fingerprint density at radius 2 is 2.41 bits per heavy atom. The minimum absolute atomic E-state index is 0.0657. The molecule has 2 rings (SSSR count). The molecule has 1 aliphatic carbocycles. The van der Waals surface area contributed by atoms with Crippen LogP contribution in [0.15, 0.2) is 10.9 Å². The summed E-state index contributed by atoms with van der Waals surface area (Å²) in [6, 6.07) is 0. The molecule has 0 aromatic carbocycles. The maximum atomic E-state index is 11.7. The summed E-state index contributed by atoms with van der Waals surface area (Å²) >= 11 is 0. The normalized spacial score (nSPS) is 17.5. The first kappa shape index (κ1) is 12.0. The summed E-state index contributed by atoms with van der Waals surface area (Å²) in [5.41, 5.74) is 5.78. The van der Waals surface area contributed by atoms with Gasteiger partial charge in [0.05, 0.1) is 0 Å². The molecule has 0 spiro atoms. The Balaban J connectivity index is 1.67. The van der Waals surface area contributed by atoms with E-state index >= 15 is 0 Å². The number of carbonyl (C=O) groups excluding carboxylic acids is 1. The number of carbonyl (C=O) groups is 1. The Hall–Kier alpha value is -1.43. The summed E-state index contributed by atoms with van der Waals surface area (Å²) in [4.78, 5) is 15.6. The van der Waals surface area contributed by atoms with E-state index in [0.717, 1.165) is 12.8 Å². The number of nitrogens with two attached hydrogens (primary N) is 1. The van der Waals surface area contributed by atoms with Crippen LogP contribution in [0.1, 0.15) is 31.5 Å². The van der Waals surface area contributed by atoms with Crippen LogP contribution in [-0.2, 0) is 11.2 Å². The minimum atomic E-state index is 0.0657. The van der Waals surface area contributed by atoms with Gasteiger partial charge in [0.25, 0.3) is 0 Å². The van der Waals surface area contributed by atoms with E-state index in [2.05, 4.69) is 20.0 Å². The maximum Gasteiger partial charge on any atom is 0.220 e. The van der Waals surface area contributed by atoms with Crippen LogP contribution in [0.4, 0.5) is 0 Å². The van der Waals surface area contributed by atoms with Crippen molar-refractivity contribution < 1.29 is 9.32 Å². The van der Waals surface area contributed by atoms with Crippen LogP contribution >= 0.6 is 0 Å². The third-order valence-electron chi connectivity index (χ3n) is 3.46. The first-order valence-corrected chi connectivity index (χ1v) is 5.96. The maximum absolute atomic E-state index is 11.7. The van der Waals surface area contributed by atoms with E-state index in [4.69, 9.17) is 5.73 Å². The van der Waals surface area contributed by atoms with Crippen LogP contribution in [-0.4, -0.2) is 29.1 Å². The Bertz CT molecular complexity index is 354. The van der Waals surface area contributed by atoms with Crippen LogP contribution < -0.4 is 11.1 Å². The van der Waals surface area contributed by atoms with Crippen molar-refractivity contribution in [3.63, 3.8) is 0 Å². The molecule has 17 heavy (non-hydrogen) atoms. The fourth-order valence-corrected chi connectivity index (χ4v) is 2.15. The molecule has 1 heterocycles. The highest BCUT2D eigenvalue weighted by molar-refractivity contribution is 5.76. The molecule has 0 atom stereocenters. The molecule has 1 saturated carbocycles. The van der Waals surface area contributed by atoms with Gasteiger partial charge in [0.1, 0.15) is 0 Å². The highest BCUT2D eigenvalue weighted by Gasteiger charge is 2.37. The second-order valence-corrected chi connectivity index (χ2v) is 4.68. The van der Waals surface area contributed by atoms with Crippen molar-refractivity contribution in [3.05, 3.63) is 12.2 Å². The molecule has 94 valence electrons. The molecule has 0 radical (unpaired) electrons. The van der Waals surface area contributed by atoms with Gasteiger partial charge in [-0.2, -0.15) is 4.98 Å². The summed E-state index contributed by atoms with van der Waals surface area (Å²) in [5, 5.41) is 6.54. The SMILES string of the molecule is NCC1(CC(=O)NCCc2ncon2)CCC1. The number of aromatic nitrogens is 2. The Kier molecular flexibility index (Phi) is 3.73. The lowest BCUT2D eigenvalue weighted by molar-refractivity contribution is -0.124. The first-order chi connectivity index (χ1) is 8.24. The van der Waals surface area contributed by atoms with Gasteiger partial charge in [-0.3, -0.25) is 4.79 Å². The van der Waals surface area contributed by atoms with Crippen molar-refractivity contribution in [2.24, 2.45) is 11.1 Å². The zero-order valence-electron chi connectivity index (χ0n) is 9.82. The molecule has 0 saturated heterocycles. The highest BCUT2D eigenvalue weighted by atomic mass is 16.5. The van der Waals surface area contributed by atoms with E-state index in [1.807, 2.05) is 0 Å². The van der Waals surface area contributed by atoms with Gasteiger partial charge < -0.3 is 15.6 Å². The monoisotopic (exact) mass is 238 g/mol. The van der Waals surface area contributed by atoms with Crippen molar-refractivity contribution >= 4 is 5.91 Å². The number of hydrogen-bond acceptors (Lipinski definition) is 5. The van der Waals surface area contributed by atoms with Gasteiger partial charge in [-0.25, -0.2) is 0 Å². The topological polar surface area (TPSA) is 94.0 Å². The molecular weight excluding hydrogens is 220 g/mol. The van der Waals surface area contributed by atoms with Gasteiger partial charge in [0.15, 0.2) is 5.82 Å². The standard InChI is InChI=1S/C11H18N4O2/c12-7-11(3-1-4-11)6-10(16)13-5-2-9-14-8-17-15-9/h8H,1-7,12H2,(H,13,16). The quantitative estimate of drug-likeness (QED) is 0.740. The second kappa shape index (κ2) is 5.27. The average Bonchev–Trinajstić information content (AvgIpc) is 2.76. The zero-order chi connectivity index (χ0) is 12.1. The van der Waals surface area contributed by atoms with Gasteiger partial charge in [0.2, 0.25) is 12.3 Å². The van der Waals surface area contributed by atoms with Gasteiger partial charge >= 0.3 is 0 Å². The zero-order valence-corrected chi connectivity index (χ0v) is 9.82. The second-order valence-electron chi connectivity index (χ2n) is 4.68. The molecule has 0 bridgehead atoms. The van der Waals surface area contributed by atoms with E-state index in [1.54, 1.807) is 0 Å². The van der Waals surface area contributed by atoms with Gasteiger partial charge in [0, 0.05) is 19.4 Å². The number of hydrogen-bond donors (Lipinski definition) is 2. The van der Waals surface area contributed by atoms with Crippen LogP contribution in [0.25, 0.3) is 0 Å². The molecule has 0 aliphatic heterocycles. The number of nitrogens with zero attached hydrogens (tertiary/aromatic N) is 2. The van der Waals surface area contributed by atoms with E-state index in [-0.39, 0.29) is 11.3 Å². The molecule has 1 amide bonds. The summed E-state index contributed by atoms with van der Waals surface area (Å²) in [6.45, 7) is 1.14. The Morgan fingerprint density at radius 1 is 1.59 bits per heavy atom. The third-order valence-corrected chi connectivity index (χ3v) is 3.46. The Morgan fingerprint density at radius 3 is 2.94 bits per heavy atom. The highest BCUT2D eigenvalue weighted by Crippen LogP contribution is 2.42. The molecular formula is C11H18N4O2. The van der Waals surface area contributed by atoms with Crippen molar-refractivity contribution in [2.75, 3.05) is 13.1 Å². The van der Waals surface area contributed by atoms with Crippen molar-refractivity contribution in [1.82, 2.24) is 15.5 Å². The van der Waals surface area contributed by atoms with Crippen molar-refractivity contribution in [3.8, 4) is 0 Å². The molecule has 3 N–H and O–H groups in total. The first-order valence-electron chi connectivity index (χ1n) is 5.96. The van der Waals surface area contributed by atoms with Crippen LogP contribution in [0, 0.1) is 5.41 Å². The molecule has 1 aromatic heterocycles. The number of nitrogens with one attached hydrogen (secondary N) is 1. The number of amides is 1. The largest absolute Gasteiger partial charge is 0.356 e. The molecule has 0 unspecified atom stereocenters. The summed E-state index contributed by atoms with van der Waals surface area (Å²) in [6.07, 6.45) is 5.75. The molecule has 1 fully saturated rings. The fraction of sp³-hybridized carbons (Fsp3) is 0.727. The number of rotatable bonds is 6. The molecule has 1 aromatic rings. The van der Waals surface area contributed by atoms with Crippen LogP contribution in [0.2, 0.25) is 0 Å². The molecule has 6 nitrogen and oxygen atoms in total. The average molecular weight is 238 g/mol. The lowest BCUT2D eigenvalue weighted by Crippen LogP contribution is -2.42. The Labute approximate surface area is 99.9 Å². The lowest BCUT2D eigenvalue weighted by Gasteiger charge is -2.40. The molecule has 6 heteroatoms. The summed E-state index contributed by atoms with van der Waals surface area (Å²) in [7, 11) is 0. The fourth-order valence-electron chi connectivity index (χ4n) is 2.15. The van der Waals surface area contributed by atoms with E-state index in [0.29, 0.717) is 31.8 Å². The predicted molar refractivity (Wildman–Crippen MR) is 61.0 cm³/mol. The van der Waals surface area contributed by atoms with Gasteiger partial charge in [-0.15, -0.1) is 0 Å². The van der Waals surface area contributed by atoms with Crippen molar-refractivity contribution in [2.45, 2.75) is 32.1 Å². The summed E-state index contributed by atoms with van der Waals surface area (Å²) < 4.78 is 4.61. The van der Waals surface area contributed by atoms with E-state index in [9.17, 15) is 4.79 Å². The minimum Gasteiger partial charge on any atom is -0.356 e. The van der Waals surface area contributed by atoms with E-state index in [1.165, 1.54) is 12.8 Å². The van der Waals surface area contributed by atoms with Crippen LogP contribution in [0.5, 0.6) is 0 Å². The van der Waals surface area contributed by atoms with Gasteiger partial charge in [-0.05, 0) is 24.8 Å². The summed E-state index contributed by atoms with van der Waals surface area (Å²) in [5.74, 6) is 0.682. The van der Waals surface area contributed by atoms with E-state index < -0.39 is 0 Å².